The predicted octanol–water partition coefficient (Wildman–Crippen LogP) is 5.03. The summed E-state index contributed by atoms with van der Waals surface area (Å²) >= 11 is 0. The first kappa shape index (κ1) is 29.3. The minimum atomic E-state index is -1.07. The van der Waals surface area contributed by atoms with Crippen LogP contribution in [0.15, 0.2) is 30.3 Å². The third kappa shape index (κ3) is 12.7. The third-order valence-electron chi connectivity index (χ3n) is 5.99. The number of carbonyl (C=O) groups excluding carboxylic acids is 4. The Kier molecular flexibility index (Phi) is 15.0. The van der Waals surface area contributed by atoms with Gasteiger partial charge in [-0.2, -0.15) is 0 Å². The van der Waals surface area contributed by atoms with Crippen LogP contribution in [0.1, 0.15) is 95.0 Å². The van der Waals surface area contributed by atoms with Crippen molar-refractivity contribution in [2.45, 2.75) is 89.4 Å². The molecule has 0 radical (unpaired) electrons. The summed E-state index contributed by atoms with van der Waals surface area (Å²) in [5, 5.41) is 0. The highest BCUT2D eigenvalue weighted by Crippen LogP contribution is 2.20. The van der Waals surface area contributed by atoms with E-state index in [-0.39, 0.29) is 19.6 Å². The van der Waals surface area contributed by atoms with Crippen molar-refractivity contribution in [1.29, 1.82) is 0 Å². The number of ether oxygens (including phenoxy) is 4. The van der Waals surface area contributed by atoms with Crippen LogP contribution < -0.4 is 0 Å². The monoisotopic (exact) mass is 504 g/mol. The fraction of sp³-hybridized carbons (Fsp3) is 0.643. The second-order valence-corrected chi connectivity index (χ2v) is 9.04. The maximum Gasteiger partial charge on any atom is 0.324 e. The van der Waals surface area contributed by atoms with E-state index < -0.39 is 29.8 Å². The second-order valence-electron chi connectivity index (χ2n) is 9.04. The molecule has 1 saturated heterocycles. The summed E-state index contributed by atoms with van der Waals surface area (Å²) in [6.07, 6.45) is 9.97. The van der Waals surface area contributed by atoms with Gasteiger partial charge in [-0.05, 0) is 31.2 Å². The van der Waals surface area contributed by atoms with Gasteiger partial charge >= 0.3 is 23.9 Å². The van der Waals surface area contributed by atoms with E-state index >= 15 is 0 Å². The van der Waals surface area contributed by atoms with Gasteiger partial charge < -0.3 is 18.9 Å². The maximum atomic E-state index is 12.7. The summed E-state index contributed by atoms with van der Waals surface area (Å²) in [4.78, 5) is 48.9. The van der Waals surface area contributed by atoms with Crippen LogP contribution in [-0.4, -0.2) is 50.3 Å². The molecule has 0 N–H and O–H groups in total. The van der Waals surface area contributed by atoms with Crippen molar-refractivity contribution in [3.05, 3.63) is 35.9 Å². The van der Waals surface area contributed by atoms with E-state index in [0.717, 1.165) is 64.2 Å². The summed E-state index contributed by atoms with van der Waals surface area (Å²) in [5.41, 5.74) is 0.571. The Morgan fingerprint density at radius 2 is 0.833 bits per heavy atom. The lowest BCUT2D eigenvalue weighted by atomic mass is 9.99. The number of cyclic esters (lactones) is 4. The van der Waals surface area contributed by atoms with Gasteiger partial charge in [0.25, 0.3) is 0 Å². The minimum absolute atomic E-state index is 0.253. The Morgan fingerprint density at radius 1 is 0.472 bits per heavy atom. The van der Waals surface area contributed by atoms with Crippen LogP contribution in [-0.2, 0) is 38.1 Å². The highest BCUT2D eigenvalue weighted by molar-refractivity contribution is 6.00. The molecule has 0 atom stereocenters. The molecule has 8 heteroatoms. The molecule has 0 aromatic heterocycles. The molecule has 0 aliphatic carbocycles. The lowest BCUT2D eigenvalue weighted by molar-refractivity contribution is -0.158. The molecule has 0 amide bonds. The molecule has 1 heterocycles. The molecule has 200 valence electrons. The number of hydrogen-bond acceptors (Lipinski definition) is 8. The fourth-order valence-electron chi connectivity index (χ4n) is 3.94. The number of hydrogen-bond donors (Lipinski definition) is 0. The molecular formula is C28H40O8. The Labute approximate surface area is 214 Å². The van der Waals surface area contributed by atoms with Crippen LogP contribution in [0.2, 0.25) is 0 Å². The van der Waals surface area contributed by atoms with Crippen molar-refractivity contribution in [2.24, 2.45) is 0 Å². The SMILES string of the molecule is O=C1CC(=O)OCCCCCCCCOC(=O)C(c2ccccc2)C(=O)OCCCCCCCCO1. The Balaban J connectivity index is 1.84. The number of rotatable bonds is 1. The molecule has 0 unspecified atom stereocenters. The van der Waals surface area contributed by atoms with E-state index in [1.54, 1.807) is 24.3 Å². The zero-order chi connectivity index (χ0) is 25.8. The molecule has 8 nitrogen and oxygen atoms in total. The molecule has 1 aliphatic heterocycles. The number of esters is 4. The molecule has 0 spiro atoms. The Bertz CT molecular complexity index is 746. The smallest absolute Gasteiger partial charge is 0.324 e. The van der Waals surface area contributed by atoms with Crippen LogP contribution in [0.3, 0.4) is 0 Å². The maximum absolute atomic E-state index is 12.7. The summed E-state index contributed by atoms with van der Waals surface area (Å²) in [7, 11) is 0. The molecule has 1 fully saturated rings. The first-order valence-corrected chi connectivity index (χ1v) is 13.3. The van der Waals surface area contributed by atoms with Gasteiger partial charge in [0.05, 0.1) is 26.4 Å². The minimum Gasteiger partial charge on any atom is -0.465 e. The topological polar surface area (TPSA) is 105 Å². The standard InChI is InChI=1S/C28H40O8/c29-24-22-25(30)34-19-13-6-2-4-8-15-21-36-28(32)26(23-16-10-9-11-17-23)27(31)35-20-14-7-3-1-5-12-18-33-24/h9-11,16-17,26H,1-8,12-15,18-22H2. The zero-order valence-corrected chi connectivity index (χ0v) is 21.3. The summed E-state index contributed by atoms with van der Waals surface area (Å²) in [6, 6.07) is 8.87. The number of carbonyl (C=O) groups is 4. The van der Waals surface area contributed by atoms with Crippen LogP contribution in [0.5, 0.6) is 0 Å². The first-order valence-electron chi connectivity index (χ1n) is 13.3. The Hall–Kier alpha value is -2.90. The van der Waals surface area contributed by atoms with Crippen molar-refractivity contribution >= 4 is 23.9 Å². The summed E-state index contributed by atoms with van der Waals surface area (Å²) in [5.74, 6) is -3.31. The molecule has 0 bridgehead atoms. The van der Waals surface area contributed by atoms with Crippen molar-refractivity contribution in [3.8, 4) is 0 Å². The molecule has 1 aromatic carbocycles. The largest absolute Gasteiger partial charge is 0.465 e. The Morgan fingerprint density at radius 3 is 1.25 bits per heavy atom. The van der Waals surface area contributed by atoms with Crippen molar-refractivity contribution in [1.82, 2.24) is 0 Å². The molecule has 1 aromatic rings. The first-order chi connectivity index (χ1) is 17.6. The van der Waals surface area contributed by atoms with Gasteiger partial charge in [-0.3, -0.25) is 19.2 Å². The van der Waals surface area contributed by atoms with Gasteiger partial charge in [-0.15, -0.1) is 0 Å². The van der Waals surface area contributed by atoms with E-state index in [4.69, 9.17) is 18.9 Å². The molecule has 1 aliphatic rings. The molecular weight excluding hydrogens is 464 g/mol. The lowest BCUT2D eigenvalue weighted by Gasteiger charge is -2.16. The van der Waals surface area contributed by atoms with E-state index in [9.17, 15) is 19.2 Å². The van der Waals surface area contributed by atoms with Gasteiger partial charge in [0, 0.05) is 0 Å². The van der Waals surface area contributed by atoms with Crippen LogP contribution >= 0.6 is 0 Å². The van der Waals surface area contributed by atoms with E-state index in [2.05, 4.69) is 0 Å². The summed E-state index contributed by atoms with van der Waals surface area (Å²) in [6.45, 7) is 1.09. The summed E-state index contributed by atoms with van der Waals surface area (Å²) < 4.78 is 21.1. The van der Waals surface area contributed by atoms with Crippen LogP contribution in [0.25, 0.3) is 0 Å². The third-order valence-corrected chi connectivity index (χ3v) is 5.99. The molecule has 0 saturated carbocycles. The van der Waals surface area contributed by atoms with Gasteiger partial charge in [-0.1, -0.05) is 81.7 Å². The van der Waals surface area contributed by atoms with Gasteiger partial charge in [0.2, 0.25) is 0 Å². The van der Waals surface area contributed by atoms with Gasteiger partial charge in [-0.25, -0.2) is 0 Å². The quantitative estimate of drug-likeness (QED) is 0.298. The highest BCUT2D eigenvalue weighted by atomic mass is 16.6. The number of benzene rings is 1. The van der Waals surface area contributed by atoms with Gasteiger partial charge in [0.1, 0.15) is 6.42 Å². The van der Waals surface area contributed by atoms with Crippen molar-refractivity contribution in [3.63, 3.8) is 0 Å². The zero-order valence-electron chi connectivity index (χ0n) is 21.3. The predicted molar refractivity (Wildman–Crippen MR) is 133 cm³/mol. The average molecular weight is 505 g/mol. The van der Waals surface area contributed by atoms with Crippen LogP contribution in [0, 0.1) is 0 Å². The van der Waals surface area contributed by atoms with Crippen molar-refractivity contribution in [2.75, 3.05) is 26.4 Å². The normalized spacial score (nSPS) is 20.4. The van der Waals surface area contributed by atoms with Crippen LogP contribution in [0.4, 0.5) is 0 Å². The second kappa shape index (κ2) is 18.4. The van der Waals surface area contributed by atoms with E-state index in [1.807, 2.05) is 6.07 Å². The van der Waals surface area contributed by atoms with E-state index in [0.29, 0.717) is 31.6 Å². The fourth-order valence-corrected chi connectivity index (χ4v) is 3.94. The lowest BCUT2D eigenvalue weighted by Crippen LogP contribution is -2.26. The molecule has 2 rings (SSSR count). The van der Waals surface area contributed by atoms with Gasteiger partial charge in [0.15, 0.2) is 5.92 Å². The average Bonchev–Trinajstić information content (AvgIpc) is 2.86. The molecule has 36 heavy (non-hydrogen) atoms. The highest BCUT2D eigenvalue weighted by Gasteiger charge is 2.31. The van der Waals surface area contributed by atoms with Crippen molar-refractivity contribution < 1.29 is 38.1 Å². The van der Waals surface area contributed by atoms with E-state index in [1.165, 1.54) is 0 Å².